The molecule has 1 aromatic carbocycles. The molecule has 0 heterocycles. The summed E-state index contributed by atoms with van der Waals surface area (Å²) < 4.78 is 5.69. The van der Waals surface area contributed by atoms with Crippen LogP contribution in [-0.4, -0.2) is 17.8 Å². The molecule has 0 bridgehead atoms. The first kappa shape index (κ1) is 16.0. The fraction of sp³-hybridized carbons (Fsp3) is 0.667. The number of hydrogen-bond acceptors (Lipinski definition) is 3. The first-order chi connectivity index (χ1) is 11.6. The van der Waals surface area contributed by atoms with Crippen molar-refractivity contribution in [3.63, 3.8) is 0 Å². The molecule has 1 N–H and O–H groups in total. The quantitative estimate of drug-likeness (QED) is 0.848. The molecule has 0 aromatic heterocycles. The molecule has 24 heavy (non-hydrogen) atoms. The van der Waals surface area contributed by atoms with E-state index < -0.39 is 0 Å². The van der Waals surface area contributed by atoms with Crippen LogP contribution in [0.4, 0.5) is 0 Å². The van der Waals surface area contributed by atoms with Crippen molar-refractivity contribution in [2.45, 2.75) is 63.9 Å². The van der Waals surface area contributed by atoms with Gasteiger partial charge in [-0.05, 0) is 85.0 Å². The van der Waals surface area contributed by atoms with Gasteiger partial charge in [0.2, 0.25) is 0 Å². The van der Waals surface area contributed by atoms with Crippen LogP contribution in [-0.2, 0) is 6.42 Å². The third kappa shape index (κ3) is 2.43. The summed E-state index contributed by atoms with van der Waals surface area (Å²) in [5, 5.41) is 19.1. The van der Waals surface area contributed by atoms with Crippen molar-refractivity contribution in [3.05, 3.63) is 29.3 Å². The number of nitriles is 1. The topological polar surface area (TPSA) is 53.2 Å². The van der Waals surface area contributed by atoms with E-state index in [1.54, 1.807) is 0 Å². The molecule has 2 saturated carbocycles. The molecule has 3 nitrogen and oxygen atoms in total. The van der Waals surface area contributed by atoms with E-state index in [-0.39, 0.29) is 11.5 Å². The second kappa shape index (κ2) is 6.08. The van der Waals surface area contributed by atoms with Crippen molar-refractivity contribution in [1.82, 2.24) is 0 Å². The van der Waals surface area contributed by atoms with Gasteiger partial charge in [0, 0.05) is 0 Å². The van der Waals surface area contributed by atoms with Gasteiger partial charge in [0.1, 0.15) is 12.4 Å². The van der Waals surface area contributed by atoms with Crippen LogP contribution in [0.25, 0.3) is 0 Å². The van der Waals surface area contributed by atoms with Gasteiger partial charge in [0.25, 0.3) is 0 Å². The molecule has 2 fully saturated rings. The molecule has 1 aromatic rings. The molecule has 128 valence electrons. The number of benzene rings is 1. The maximum Gasteiger partial charge on any atom is 0.119 e. The molecule has 3 aliphatic rings. The van der Waals surface area contributed by atoms with Crippen molar-refractivity contribution in [1.29, 1.82) is 5.26 Å². The zero-order chi connectivity index (χ0) is 16.7. The van der Waals surface area contributed by atoms with E-state index in [4.69, 9.17) is 10.00 Å². The highest BCUT2D eigenvalue weighted by molar-refractivity contribution is 5.40. The van der Waals surface area contributed by atoms with E-state index in [0.717, 1.165) is 30.9 Å². The number of rotatable bonds is 3. The third-order valence-electron chi connectivity index (χ3n) is 7.13. The lowest BCUT2D eigenvalue weighted by atomic mass is 9.55. The summed E-state index contributed by atoms with van der Waals surface area (Å²) in [5.74, 6) is 2.98. The Balaban J connectivity index is 1.56. The molecular formula is C21H27NO2. The van der Waals surface area contributed by atoms with Gasteiger partial charge >= 0.3 is 0 Å². The van der Waals surface area contributed by atoms with Crippen molar-refractivity contribution >= 4 is 0 Å². The first-order valence-corrected chi connectivity index (χ1v) is 9.44. The van der Waals surface area contributed by atoms with Gasteiger partial charge in [0.15, 0.2) is 0 Å². The molecule has 0 radical (unpaired) electrons. The fourth-order valence-corrected chi connectivity index (χ4v) is 5.84. The maximum atomic E-state index is 10.5. The Morgan fingerprint density at radius 3 is 3.00 bits per heavy atom. The zero-order valence-electron chi connectivity index (χ0n) is 14.5. The minimum Gasteiger partial charge on any atom is -0.493 e. The average molecular weight is 325 g/mol. The van der Waals surface area contributed by atoms with Crippen LogP contribution >= 0.6 is 0 Å². The summed E-state index contributed by atoms with van der Waals surface area (Å²) in [7, 11) is 0. The lowest BCUT2D eigenvalue weighted by molar-refractivity contribution is -0.0226. The van der Waals surface area contributed by atoms with Crippen molar-refractivity contribution in [2.75, 3.05) is 6.61 Å². The number of aliphatic hydroxyl groups is 1. The van der Waals surface area contributed by atoms with Crippen molar-refractivity contribution in [2.24, 2.45) is 17.3 Å². The average Bonchev–Trinajstić information content (AvgIpc) is 2.90. The number of aliphatic hydroxyl groups excluding tert-OH is 1. The Bertz CT molecular complexity index is 664. The Morgan fingerprint density at radius 2 is 2.17 bits per heavy atom. The van der Waals surface area contributed by atoms with Gasteiger partial charge in [-0.2, -0.15) is 5.26 Å². The van der Waals surface area contributed by atoms with Crippen molar-refractivity contribution < 1.29 is 9.84 Å². The Morgan fingerprint density at radius 1 is 1.29 bits per heavy atom. The van der Waals surface area contributed by atoms with Crippen LogP contribution in [0.3, 0.4) is 0 Å². The van der Waals surface area contributed by atoms with Gasteiger partial charge in [0.05, 0.1) is 18.6 Å². The number of hydrogen-bond donors (Lipinski definition) is 1. The van der Waals surface area contributed by atoms with Crippen LogP contribution in [0, 0.1) is 28.6 Å². The molecule has 3 aliphatic carbocycles. The summed E-state index contributed by atoms with van der Waals surface area (Å²) >= 11 is 0. The summed E-state index contributed by atoms with van der Waals surface area (Å²) in [4.78, 5) is 0. The van der Waals surface area contributed by atoms with E-state index in [1.165, 1.54) is 30.4 Å². The van der Waals surface area contributed by atoms with E-state index >= 15 is 0 Å². The molecule has 1 unspecified atom stereocenters. The molecule has 0 amide bonds. The van der Waals surface area contributed by atoms with Crippen molar-refractivity contribution in [3.8, 4) is 11.8 Å². The Kier molecular flexibility index (Phi) is 4.04. The van der Waals surface area contributed by atoms with Crippen LogP contribution in [0.5, 0.6) is 5.75 Å². The number of aryl methyl sites for hydroxylation is 1. The predicted molar refractivity (Wildman–Crippen MR) is 92.8 cm³/mol. The summed E-state index contributed by atoms with van der Waals surface area (Å²) in [5.41, 5.74) is 3.11. The minimum atomic E-state index is -0.0965. The summed E-state index contributed by atoms with van der Waals surface area (Å²) in [6, 6.07) is 8.66. The lowest BCUT2D eigenvalue weighted by Gasteiger charge is -2.50. The maximum absolute atomic E-state index is 10.5. The highest BCUT2D eigenvalue weighted by atomic mass is 16.5. The number of ether oxygens (including phenoxy) is 1. The van der Waals surface area contributed by atoms with E-state index in [2.05, 4.69) is 31.2 Å². The van der Waals surface area contributed by atoms with E-state index in [9.17, 15) is 5.11 Å². The fourth-order valence-electron chi connectivity index (χ4n) is 5.84. The zero-order valence-corrected chi connectivity index (χ0v) is 14.5. The molecule has 3 heteroatoms. The first-order valence-electron chi connectivity index (χ1n) is 9.44. The van der Waals surface area contributed by atoms with E-state index in [1.807, 2.05) is 0 Å². The second-order valence-corrected chi connectivity index (χ2v) is 8.17. The molecule has 0 saturated heterocycles. The number of nitrogens with zero attached hydrogens (tertiary/aromatic N) is 1. The third-order valence-corrected chi connectivity index (χ3v) is 7.13. The van der Waals surface area contributed by atoms with Gasteiger partial charge in [-0.25, -0.2) is 0 Å². The molecular weight excluding hydrogens is 298 g/mol. The number of fused-ring (bicyclic) bond motifs is 5. The van der Waals surface area contributed by atoms with Gasteiger partial charge < -0.3 is 9.84 Å². The normalized spacial score (nSPS) is 37.0. The molecule has 0 spiro atoms. The van der Waals surface area contributed by atoms with Gasteiger partial charge in [-0.1, -0.05) is 13.0 Å². The van der Waals surface area contributed by atoms with E-state index in [0.29, 0.717) is 24.9 Å². The SMILES string of the molecule is C[C@]12CC[C@@H]3c4ccc(OCCC#N)cc4CC[C@H]3[C@@H]1CCC2O. The van der Waals surface area contributed by atoms with Crippen LogP contribution < -0.4 is 4.74 Å². The molecule has 4 rings (SSSR count). The smallest absolute Gasteiger partial charge is 0.119 e. The highest BCUT2D eigenvalue weighted by Gasteiger charge is 2.54. The molecule has 5 atom stereocenters. The molecule has 0 aliphatic heterocycles. The van der Waals surface area contributed by atoms with Crippen LogP contribution in [0.1, 0.15) is 62.5 Å². The van der Waals surface area contributed by atoms with Crippen LogP contribution in [0.2, 0.25) is 0 Å². The predicted octanol–water partition coefficient (Wildman–Crippen LogP) is 4.20. The van der Waals surface area contributed by atoms with Gasteiger partial charge in [-0.15, -0.1) is 0 Å². The van der Waals surface area contributed by atoms with Gasteiger partial charge in [-0.3, -0.25) is 0 Å². The minimum absolute atomic E-state index is 0.0965. The second-order valence-electron chi connectivity index (χ2n) is 8.17. The highest BCUT2D eigenvalue weighted by Crippen LogP contribution is 2.60. The Labute approximate surface area is 144 Å². The monoisotopic (exact) mass is 325 g/mol. The van der Waals surface area contributed by atoms with Crippen LogP contribution in [0.15, 0.2) is 18.2 Å². The summed E-state index contributed by atoms with van der Waals surface area (Å²) in [6.07, 6.45) is 7.24. The lowest BCUT2D eigenvalue weighted by Crippen LogP contribution is -2.43. The largest absolute Gasteiger partial charge is 0.493 e. The Hall–Kier alpha value is -1.53. The standard InChI is InChI=1S/C21H27NO2/c1-21-10-9-17-16-6-4-15(24-12-2-11-22)13-14(16)3-5-18(17)19(21)7-8-20(21)23/h4,6,13,17-20,23H,2-3,5,7-10,12H2,1H3/t17-,18-,19+,20?,21+/m1/s1. The summed E-state index contributed by atoms with van der Waals surface area (Å²) in [6.45, 7) is 2.80.